The molecule has 5 rings (SSSR count). The van der Waals surface area contributed by atoms with Crippen molar-refractivity contribution in [2.24, 2.45) is 17.8 Å². The summed E-state index contributed by atoms with van der Waals surface area (Å²) in [5.41, 5.74) is 1.27. The van der Waals surface area contributed by atoms with Crippen LogP contribution < -0.4 is 0 Å². The van der Waals surface area contributed by atoms with Gasteiger partial charge in [-0.25, -0.2) is 0 Å². The van der Waals surface area contributed by atoms with Gasteiger partial charge < -0.3 is 4.90 Å². The van der Waals surface area contributed by atoms with Crippen molar-refractivity contribution in [1.82, 2.24) is 9.80 Å². The molecule has 146 valence electrons. The van der Waals surface area contributed by atoms with Gasteiger partial charge in [0.25, 0.3) is 0 Å². The van der Waals surface area contributed by atoms with Gasteiger partial charge in [-0.3, -0.25) is 9.69 Å². The van der Waals surface area contributed by atoms with Crippen LogP contribution >= 0.6 is 11.6 Å². The minimum atomic E-state index is 0.209. The number of carbonyl (C=O) groups excluding carboxylic acids is 1. The quantitative estimate of drug-likeness (QED) is 0.757. The van der Waals surface area contributed by atoms with Crippen LogP contribution in [0.25, 0.3) is 0 Å². The van der Waals surface area contributed by atoms with E-state index in [1.54, 1.807) is 0 Å². The number of nitrogens with zero attached hydrogens (tertiary/aromatic N) is 2. The number of fused-ring (bicyclic) bond motifs is 1. The molecule has 4 atom stereocenters. The molecule has 2 saturated carbocycles. The molecule has 4 fully saturated rings. The van der Waals surface area contributed by atoms with Gasteiger partial charge in [0.05, 0.1) is 0 Å². The standard InChI is InChI=1S/C23H31ClN2O/c24-19-8-6-17(7-9-19)20-12-21(20)23(27)25-11-10-22-18(14-25)15-26(22)13-16-4-2-1-3-5-16/h6-9,16,18,20-22H,1-5,10-15H2/t18-,20-,21-,22+/m1/s1. The summed E-state index contributed by atoms with van der Waals surface area (Å²) in [6.07, 6.45) is 9.38. The highest BCUT2D eigenvalue weighted by molar-refractivity contribution is 6.30. The Morgan fingerprint density at radius 3 is 2.56 bits per heavy atom. The van der Waals surface area contributed by atoms with Crippen molar-refractivity contribution in [3.05, 3.63) is 34.9 Å². The van der Waals surface area contributed by atoms with E-state index in [4.69, 9.17) is 11.6 Å². The van der Waals surface area contributed by atoms with Crippen LogP contribution in [0.3, 0.4) is 0 Å². The minimum Gasteiger partial charge on any atom is -0.342 e. The van der Waals surface area contributed by atoms with Gasteiger partial charge in [0.2, 0.25) is 5.91 Å². The number of likely N-dealkylation sites (tertiary alicyclic amines) is 2. The fourth-order valence-corrected chi connectivity index (χ4v) is 6.00. The Balaban J connectivity index is 1.11. The molecule has 0 aromatic heterocycles. The van der Waals surface area contributed by atoms with Crippen molar-refractivity contribution in [1.29, 1.82) is 0 Å². The number of halogens is 1. The monoisotopic (exact) mass is 386 g/mol. The lowest BCUT2D eigenvalue weighted by atomic mass is 9.80. The van der Waals surface area contributed by atoms with Crippen LogP contribution in [0.2, 0.25) is 5.02 Å². The zero-order chi connectivity index (χ0) is 18.4. The Bertz CT molecular complexity index is 684. The second kappa shape index (κ2) is 7.40. The Kier molecular flexibility index (Phi) is 4.94. The lowest BCUT2D eigenvalue weighted by molar-refractivity contribution is -0.140. The van der Waals surface area contributed by atoms with E-state index >= 15 is 0 Å². The molecule has 4 aliphatic rings. The predicted molar refractivity (Wildman–Crippen MR) is 109 cm³/mol. The van der Waals surface area contributed by atoms with Crippen LogP contribution in [-0.2, 0) is 4.79 Å². The van der Waals surface area contributed by atoms with Gasteiger partial charge >= 0.3 is 0 Å². The molecule has 2 saturated heterocycles. The van der Waals surface area contributed by atoms with E-state index in [0.29, 0.717) is 11.8 Å². The van der Waals surface area contributed by atoms with E-state index in [2.05, 4.69) is 21.9 Å². The summed E-state index contributed by atoms with van der Waals surface area (Å²) in [4.78, 5) is 17.9. The number of benzene rings is 1. The summed E-state index contributed by atoms with van der Waals surface area (Å²) in [5.74, 6) is 2.68. The fraction of sp³-hybridized carbons (Fsp3) is 0.696. The molecule has 1 aromatic carbocycles. The summed E-state index contributed by atoms with van der Waals surface area (Å²) < 4.78 is 0. The predicted octanol–water partition coefficient (Wildman–Crippen LogP) is 4.56. The number of amides is 1. The van der Waals surface area contributed by atoms with Crippen LogP contribution in [0, 0.1) is 17.8 Å². The highest BCUT2D eigenvalue weighted by Crippen LogP contribution is 2.49. The van der Waals surface area contributed by atoms with E-state index in [1.165, 1.54) is 57.2 Å². The van der Waals surface area contributed by atoms with Crippen LogP contribution in [0.4, 0.5) is 0 Å². The molecular formula is C23H31ClN2O. The van der Waals surface area contributed by atoms with Crippen molar-refractivity contribution in [2.45, 2.75) is 56.9 Å². The molecule has 0 unspecified atom stereocenters. The van der Waals surface area contributed by atoms with E-state index in [1.807, 2.05) is 12.1 Å². The van der Waals surface area contributed by atoms with Gasteiger partial charge in [-0.2, -0.15) is 0 Å². The van der Waals surface area contributed by atoms with E-state index < -0.39 is 0 Å². The number of rotatable bonds is 4. The molecule has 1 aromatic rings. The molecule has 0 N–H and O–H groups in total. The number of carbonyl (C=O) groups is 1. The molecule has 0 radical (unpaired) electrons. The van der Waals surface area contributed by atoms with Crippen molar-refractivity contribution < 1.29 is 4.79 Å². The Hall–Kier alpha value is -1.06. The lowest BCUT2D eigenvalue weighted by Gasteiger charge is -2.54. The van der Waals surface area contributed by atoms with Crippen LogP contribution in [0.1, 0.15) is 56.4 Å². The topological polar surface area (TPSA) is 23.6 Å². The number of hydrogen-bond acceptors (Lipinski definition) is 2. The first-order valence-electron chi connectivity index (χ1n) is 11.0. The average Bonchev–Trinajstić information content (AvgIpc) is 3.47. The van der Waals surface area contributed by atoms with Crippen LogP contribution in [0.15, 0.2) is 24.3 Å². The molecule has 2 heterocycles. The Morgan fingerprint density at radius 1 is 1.04 bits per heavy atom. The molecule has 2 aliphatic heterocycles. The molecule has 0 bridgehead atoms. The van der Waals surface area contributed by atoms with Crippen molar-refractivity contribution in [3.8, 4) is 0 Å². The van der Waals surface area contributed by atoms with Gasteiger partial charge in [-0.1, -0.05) is 43.0 Å². The van der Waals surface area contributed by atoms with Gasteiger partial charge in [0.15, 0.2) is 0 Å². The van der Waals surface area contributed by atoms with Crippen molar-refractivity contribution in [3.63, 3.8) is 0 Å². The SMILES string of the molecule is O=C([C@@H]1C[C@@H]1c1ccc(Cl)cc1)N1CC[C@H]2[C@H](C1)CN2CC1CCCCC1. The number of piperidine rings is 1. The largest absolute Gasteiger partial charge is 0.342 e. The Labute approximate surface area is 168 Å². The van der Waals surface area contributed by atoms with Crippen molar-refractivity contribution >= 4 is 17.5 Å². The highest BCUT2D eigenvalue weighted by Gasteiger charge is 2.49. The van der Waals surface area contributed by atoms with Crippen LogP contribution in [0.5, 0.6) is 0 Å². The average molecular weight is 387 g/mol. The summed E-state index contributed by atoms with van der Waals surface area (Å²) in [7, 11) is 0. The molecule has 27 heavy (non-hydrogen) atoms. The van der Waals surface area contributed by atoms with Gasteiger partial charge in [0.1, 0.15) is 0 Å². The molecular weight excluding hydrogens is 356 g/mol. The second-order valence-electron chi connectivity index (χ2n) is 9.36. The third kappa shape index (κ3) is 3.65. The first-order chi connectivity index (χ1) is 13.2. The maximum Gasteiger partial charge on any atom is 0.226 e. The summed E-state index contributed by atoms with van der Waals surface area (Å²) >= 11 is 5.99. The third-order valence-electron chi connectivity index (χ3n) is 7.57. The number of hydrogen-bond donors (Lipinski definition) is 0. The minimum absolute atomic E-state index is 0.209. The fourth-order valence-electron chi connectivity index (χ4n) is 5.87. The smallest absolute Gasteiger partial charge is 0.226 e. The summed E-state index contributed by atoms with van der Waals surface area (Å²) in [5, 5.41) is 0.770. The zero-order valence-corrected chi connectivity index (χ0v) is 16.9. The maximum atomic E-state index is 13.0. The van der Waals surface area contributed by atoms with E-state index in [-0.39, 0.29) is 5.92 Å². The molecule has 4 heteroatoms. The molecule has 2 aliphatic carbocycles. The summed E-state index contributed by atoms with van der Waals surface area (Å²) in [6, 6.07) is 8.81. The van der Waals surface area contributed by atoms with E-state index in [0.717, 1.165) is 42.4 Å². The van der Waals surface area contributed by atoms with E-state index in [9.17, 15) is 4.79 Å². The maximum absolute atomic E-state index is 13.0. The first-order valence-corrected chi connectivity index (χ1v) is 11.3. The van der Waals surface area contributed by atoms with Crippen molar-refractivity contribution in [2.75, 3.05) is 26.2 Å². The second-order valence-corrected chi connectivity index (χ2v) is 9.79. The van der Waals surface area contributed by atoms with Crippen LogP contribution in [-0.4, -0.2) is 47.9 Å². The lowest BCUT2D eigenvalue weighted by Crippen LogP contribution is -2.64. The van der Waals surface area contributed by atoms with Gasteiger partial charge in [-0.05, 0) is 55.2 Å². The molecule has 3 nitrogen and oxygen atoms in total. The van der Waals surface area contributed by atoms with Gasteiger partial charge in [0, 0.05) is 49.1 Å². The third-order valence-corrected chi connectivity index (χ3v) is 7.82. The highest BCUT2D eigenvalue weighted by atomic mass is 35.5. The molecule has 1 amide bonds. The zero-order valence-electron chi connectivity index (χ0n) is 16.2. The Morgan fingerprint density at radius 2 is 1.81 bits per heavy atom. The normalized spacial score (nSPS) is 34.0. The first kappa shape index (κ1) is 18.0. The molecule has 0 spiro atoms. The van der Waals surface area contributed by atoms with Gasteiger partial charge in [-0.15, -0.1) is 0 Å². The summed E-state index contributed by atoms with van der Waals surface area (Å²) in [6.45, 7) is 4.49.